The summed E-state index contributed by atoms with van der Waals surface area (Å²) in [4.78, 5) is 34.5. The highest BCUT2D eigenvalue weighted by molar-refractivity contribution is 5.94. The van der Waals surface area contributed by atoms with Crippen LogP contribution in [0.15, 0.2) is 71.7 Å². The van der Waals surface area contributed by atoms with E-state index in [9.17, 15) is 9.59 Å². The van der Waals surface area contributed by atoms with Crippen LogP contribution in [-0.4, -0.2) is 20.4 Å². The topological polar surface area (TPSA) is 76.9 Å². The lowest BCUT2D eigenvalue weighted by Crippen LogP contribution is -2.24. The summed E-state index contributed by atoms with van der Waals surface area (Å²) in [6, 6.07) is 18.9. The van der Waals surface area contributed by atoms with Crippen LogP contribution in [0.3, 0.4) is 0 Å². The number of rotatable bonds is 7. The number of nitrogens with zero attached hydrogens (tertiary/aromatic N) is 3. The van der Waals surface area contributed by atoms with Gasteiger partial charge in [-0.1, -0.05) is 50.2 Å². The van der Waals surface area contributed by atoms with E-state index in [4.69, 9.17) is 0 Å². The Morgan fingerprint density at radius 2 is 1.69 bits per heavy atom. The van der Waals surface area contributed by atoms with Gasteiger partial charge in [0.1, 0.15) is 11.2 Å². The molecule has 0 saturated carbocycles. The van der Waals surface area contributed by atoms with Crippen molar-refractivity contribution < 1.29 is 4.79 Å². The average Bonchev–Trinajstić information content (AvgIpc) is 2.84. The van der Waals surface area contributed by atoms with E-state index in [1.165, 1.54) is 5.56 Å². The smallest absolute Gasteiger partial charge is 0.278 e. The van der Waals surface area contributed by atoms with Crippen molar-refractivity contribution in [3.05, 3.63) is 93.9 Å². The third-order valence-electron chi connectivity index (χ3n) is 5.45. The summed E-state index contributed by atoms with van der Waals surface area (Å²) in [7, 11) is 0. The van der Waals surface area contributed by atoms with E-state index in [-0.39, 0.29) is 11.5 Å². The SMILES string of the molecule is CCCn1c(=O)c(-c2ccc(C(=O)NCc3ccc(CC)cc3)cc2)nc2cccnc21. The van der Waals surface area contributed by atoms with Crippen LogP contribution in [0.25, 0.3) is 22.4 Å². The van der Waals surface area contributed by atoms with Crippen LogP contribution in [0, 0.1) is 0 Å². The molecule has 2 heterocycles. The molecule has 0 aliphatic carbocycles. The van der Waals surface area contributed by atoms with Gasteiger partial charge in [-0.05, 0) is 48.2 Å². The number of hydrogen-bond donors (Lipinski definition) is 1. The molecule has 0 unspecified atom stereocenters. The molecule has 0 saturated heterocycles. The number of carbonyl (C=O) groups is 1. The Morgan fingerprint density at radius 1 is 0.969 bits per heavy atom. The van der Waals surface area contributed by atoms with Crippen molar-refractivity contribution in [2.24, 2.45) is 0 Å². The van der Waals surface area contributed by atoms with Crippen LogP contribution in [-0.2, 0) is 19.5 Å². The molecular formula is C26H26N4O2. The zero-order valence-corrected chi connectivity index (χ0v) is 18.3. The van der Waals surface area contributed by atoms with E-state index in [1.54, 1.807) is 35.0 Å². The zero-order chi connectivity index (χ0) is 22.5. The molecule has 162 valence electrons. The summed E-state index contributed by atoms with van der Waals surface area (Å²) < 4.78 is 1.67. The quantitative estimate of drug-likeness (QED) is 0.476. The molecule has 0 aliphatic rings. The minimum Gasteiger partial charge on any atom is -0.348 e. The fourth-order valence-electron chi connectivity index (χ4n) is 3.65. The molecule has 32 heavy (non-hydrogen) atoms. The van der Waals surface area contributed by atoms with Gasteiger partial charge >= 0.3 is 0 Å². The molecule has 4 rings (SSSR count). The summed E-state index contributed by atoms with van der Waals surface area (Å²) >= 11 is 0. The monoisotopic (exact) mass is 426 g/mol. The predicted octanol–water partition coefficient (Wildman–Crippen LogP) is 4.36. The van der Waals surface area contributed by atoms with Gasteiger partial charge in [-0.25, -0.2) is 9.97 Å². The molecule has 0 atom stereocenters. The molecule has 0 aliphatic heterocycles. The highest BCUT2D eigenvalue weighted by Gasteiger charge is 2.14. The van der Waals surface area contributed by atoms with Crippen LogP contribution >= 0.6 is 0 Å². The molecule has 0 spiro atoms. The highest BCUT2D eigenvalue weighted by Crippen LogP contribution is 2.18. The summed E-state index contributed by atoms with van der Waals surface area (Å²) in [5, 5.41) is 2.94. The first-order valence-corrected chi connectivity index (χ1v) is 10.9. The van der Waals surface area contributed by atoms with Crippen molar-refractivity contribution in [3.8, 4) is 11.3 Å². The lowest BCUT2D eigenvalue weighted by molar-refractivity contribution is 0.0951. The van der Waals surface area contributed by atoms with Crippen LogP contribution in [0.4, 0.5) is 0 Å². The lowest BCUT2D eigenvalue weighted by Gasteiger charge is -2.11. The number of aryl methyl sites for hydroxylation is 2. The fraction of sp³-hybridized carbons (Fsp3) is 0.231. The van der Waals surface area contributed by atoms with Gasteiger partial charge in [0, 0.05) is 30.4 Å². The molecule has 0 radical (unpaired) electrons. The van der Waals surface area contributed by atoms with Gasteiger partial charge in [-0.2, -0.15) is 0 Å². The minimum absolute atomic E-state index is 0.157. The van der Waals surface area contributed by atoms with Crippen molar-refractivity contribution in [1.82, 2.24) is 19.9 Å². The third kappa shape index (κ3) is 4.44. The minimum atomic E-state index is -0.175. The van der Waals surface area contributed by atoms with Crippen molar-refractivity contribution in [3.63, 3.8) is 0 Å². The first kappa shape index (κ1) is 21.4. The fourth-order valence-corrected chi connectivity index (χ4v) is 3.65. The van der Waals surface area contributed by atoms with E-state index >= 15 is 0 Å². The molecule has 6 nitrogen and oxygen atoms in total. The van der Waals surface area contributed by atoms with Gasteiger partial charge in [-0.3, -0.25) is 14.2 Å². The largest absolute Gasteiger partial charge is 0.348 e. The van der Waals surface area contributed by atoms with Crippen molar-refractivity contribution >= 4 is 17.1 Å². The summed E-state index contributed by atoms with van der Waals surface area (Å²) in [5.74, 6) is -0.157. The van der Waals surface area contributed by atoms with Gasteiger partial charge in [0.25, 0.3) is 11.5 Å². The van der Waals surface area contributed by atoms with Crippen molar-refractivity contribution in [2.45, 2.75) is 39.8 Å². The Balaban J connectivity index is 1.55. The number of nitrogens with one attached hydrogen (secondary N) is 1. The Labute approximate surface area is 187 Å². The third-order valence-corrected chi connectivity index (χ3v) is 5.45. The van der Waals surface area contributed by atoms with E-state index in [1.807, 2.05) is 31.2 Å². The number of carbonyl (C=O) groups excluding carboxylic acids is 1. The first-order chi connectivity index (χ1) is 15.6. The first-order valence-electron chi connectivity index (χ1n) is 10.9. The second-order valence-electron chi connectivity index (χ2n) is 7.69. The normalized spacial score (nSPS) is 10.9. The average molecular weight is 427 g/mol. The zero-order valence-electron chi connectivity index (χ0n) is 18.3. The van der Waals surface area contributed by atoms with Gasteiger partial charge in [0.2, 0.25) is 0 Å². The number of aromatic nitrogens is 3. The summed E-state index contributed by atoms with van der Waals surface area (Å²) in [5.41, 5.74) is 4.99. The number of hydrogen-bond acceptors (Lipinski definition) is 4. The molecule has 1 amide bonds. The number of benzene rings is 2. The van der Waals surface area contributed by atoms with Crippen LogP contribution in [0.1, 0.15) is 41.8 Å². The molecule has 2 aromatic carbocycles. The van der Waals surface area contributed by atoms with E-state index in [0.29, 0.717) is 41.1 Å². The maximum Gasteiger partial charge on any atom is 0.278 e. The molecule has 0 bridgehead atoms. The second kappa shape index (κ2) is 9.56. The Kier molecular flexibility index (Phi) is 6.40. The predicted molar refractivity (Wildman–Crippen MR) is 127 cm³/mol. The highest BCUT2D eigenvalue weighted by atomic mass is 16.1. The van der Waals surface area contributed by atoms with Crippen LogP contribution < -0.4 is 10.9 Å². The standard InChI is InChI=1S/C26H26N4O2/c1-3-16-30-24-22(6-5-15-27-24)29-23(26(30)32)20-11-13-21(14-12-20)25(31)28-17-19-9-7-18(4-2)8-10-19/h5-15H,3-4,16-17H2,1-2H3,(H,28,31). The number of fused-ring (bicyclic) bond motifs is 1. The Morgan fingerprint density at radius 3 is 2.38 bits per heavy atom. The number of amides is 1. The Hall–Kier alpha value is -3.80. The van der Waals surface area contributed by atoms with E-state index in [0.717, 1.165) is 18.4 Å². The molecule has 1 N–H and O–H groups in total. The second-order valence-corrected chi connectivity index (χ2v) is 7.69. The Bertz CT molecular complexity index is 1290. The van der Waals surface area contributed by atoms with Crippen molar-refractivity contribution in [1.29, 1.82) is 0 Å². The lowest BCUT2D eigenvalue weighted by atomic mass is 10.1. The summed E-state index contributed by atoms with van der Waals surface area (Å²) in [6.07, 6.45) is 3.47. The molecular weight excluding hydrogens is 400 g/mol. The van der Waals surface area contributed by atoms with E-state index < -0.39 is 0 Å². The van der Waals surface area contributed by atoms with Crippen LogP contribution in [0.5, 0.6) is 0 Å². The molecule has 2 aromatic heterocycles. The van der Waals surface area contributed by atoms with Gasteiger partial charge < -0.3 is 5.32 Å². The van der Waals surface area contributed by atoms with Gasteiger partial charge in [0.05, 0.1) is 0 Å². The van der Waals surface area contributed by atoms with Crippen LogP contribution in [0.2, 0.25) is 0 Å². The van der Waals surface area contributed by atoms with E-state index in [2.05, 4.69) is 34.3 Å². The maximum atomic E-state index is 13.1. The summed E-state index contributed by atoms with van der Waals surface area (Å²) in [6.45, 7) is 5.17. The van der Waals surface area contributed by atoms with Crippen molar-refractivity contribution in [2.75, 3.05) is 0 Å². The van der Waals surface area contributed by atoms with Gasteiger partial charge in [0.15, 0.2) is 5.65 Å². The molecule has 6 heteroatoms. The molecule has 4 aromatic rings. The maximum absolute atomic E-state index is 13.1. The molecule has 0 fully saturated rings. The number of pyridine rings is 1. The van der Waals surface area contributed by atoms with Gasteiger partial charge in [-0.15, -0.1) is 0 Å².